The summed E-state index contributed by atoms with van der Waals surface area (Å²) in [7, 11) is 0. The first-order valence-corrected chi connectivity index (χ1v) is 33.1. The van der Waals surface area contributed by atoms with Gasteiger partial charge in [0.05, 0.1) is 63.0 Å². The number of allylic oxidation sites excluding steroid dienone is 6. The van der Waals surface area contributed by atoms with Gasteiger partial charge in [0, 0.05) is 44.0 Å². The minimum absolute atomic E-state index is 0.304. The maximum atomic E-state index is 10.3. The van der Waals surface area contributed by atoms with Crippen LogP contribution in [-0.4, -0.2) is 24.1 Å². The van der Waals surface area contributed by atoms with Crippen molar-refractivity contribution in [1.29, 1.82) is 15.8 Å². The second kappa shape index (κ2) is 27.1. The highest BCUT2D eigenvalue weighted by Crippen LogP contribution is 2.44. The largest absolute Gasteiger partial charge is 0.309 e. The Morgan fingerprint density at radius 2 is 0.830 bits per heavy atom. The number of hydrogen-bond donors (Lipinski definition) is 0. The first-order chi connectivity index (χ1) is 49.1. The minimum atomic E-state index is 0.304. The highest BCUT2D eigenvalue weighted by molar-refractivity contribution is 6.12. The number of hydrogen-bond acceptors (Lipinski definition) is 6. The van der Waals surface area contributed by atoms with Crippen LogP contribution in [0.2, 0.25) is 0 Å². The van der Waals surface area contributed by atoms with Crippen LogP contribution in [-0.2, 0) is 0 Å². The number of nitriles is 3. The van der Waals surface area contributed by atoms with E-state index in [-0.39, 0.29) is 0 Å². The van der Waals surface area contributed by atoms with E-state index in [4.69, 9.17) is 15.0 Å². The Labute approximate surface area is 581 Å². The molecule has 0 amide bonds. The average molecular weight is 1280 g/mol. The molecular weight excluding hydrogens is 1220 g/mol. The van der Waals surface area contributed by atoms with E-state index in [0.717, 1.165) is 139 Å². The fraction of sp³-hybridized carbons (Fsp3) is 0.0217. The van der Waals surface area contributed by atoms with Crippen molar-refractivity contribution >= 4 is 56.0 Å². The Kier molecular flexibility index (Phi) is 16.9. The third-order valence-corrected chi connectivity index (χ3v) is 18.4. The molecule has 100 heavy (non-hydrogen) atoms. The molecule has 0 radical (unpaired) electrons. The molecule has 15 rings (SSSR count). The molecule has 0 saturated carbocycles. The monoisotopic (exact) mass is 1280 g/mol. The second-order valence-electron chi connectivity index (χ2n) is 24.6. The third-order valence-electron chi connectivity index (χ3n) is 18.4. The molecule has 470 valence electrons. The summed E-state index contributed by atoms with van der Waals surface area (Å²) < 4.78 is 4.59. The Bertz CT molecular complexity index is 5890. The van der Waals surface area contributed by atoms with Crippen molar-refractivity contribution < 1.29 is 0 Å². The molecule has 0 unspecified atom stereocenters. The summed E-state index contributed by atoms with van der Waals surface area (Å²) in [5, 5.41) is 33.7. The summed E-state index contributed by atoms with van der Waals surface area (Å²) in [5.74, 6) is 1.18. The molecule has 3 aromatic heterocycles. The van der Waals surface area contributed by atoms with Gasteiger partial charge in [-0.1, -0.05) is 219 Å². The zero-order chi connectivity index (χ0) is 68.2. The number of benzene rings is 12. The number of rotatable bonds is 16. The maximum absolute atomic E-state index is 10.3. The van der Waals surface area contributed by atoms with Crippen LogP contribution in [0.4, 0.5) is 0 Å². The third kappa shape index (κ3) is 12.0. The summed E-state index contributed by atoms with van der Waals surface area (Å²) in [6, 6.07) is 105. The van der Waals surface area contributed by atoms with Gasteiger partial charge < -0.3 is 9.13 Å². The van der Waals surface area contributed by atoms with Gasteiger partial charge in [-0.15, -0.1) is 0 Å². The molecular formula is C92H62N8. The summed E-state index contributed by atoms with van der Waals surface area (Å²) in [6.45, 7) is 12.8. The fourth-order valence-electron chi connectivity index (χ4n) is 13.6. The lowest BCUT2D eigenvalue weighted by Gasteiger charge is -2.19. The van der Waals surface area contributed by atoms with E-state index < -0.39 is 0 Å². The lowest BCUT2D eigenvalue weighted by Crippen LogP contribution is -2.07. The van der Waals surface area contributed by atoms with Crippen molar-refractivity contribution in [2.24, 2.45) is 0 Å². The van der Waals surface area contributed by atoms with Crippen molar-refractivity contribution in [2.75, 3.05) is 0 Å². The van der Waals surface area contributed by atoms with Crippen LogP contribution in [0, 0.1) is 34.0 Å². The Morgan fingerprint density at radius 1 is 0.400 bits per heavy atom. The van der Waals surface area contributed by atoms with Crippen molar-refractivity contribution in [2.45, 2.75) is 13.8 Å². The molecule has 0 N–H and O–H groups in total. The predicted molar refractivity (Wildman–Crippen MR) is 412 cm³/mol. The van der Waals surface area contributed by atoms with Crippen LogP contribution in [0.3, 0.4) is 0 Å². The van der Waals surface area contributed by atoms with Gasteiger partial charge in [-0.05, 0) is 201 Å². The van der Waals surface area contributed by atoms with Crippen LogP contribution in [0.25, 0.3) is 157 Å². The molecule has 3 heterocycles. The molecule has 8 heteroatoms. The van der Waals surface area contributed by atoms with Crippen LogP contribution in [0.5, 0.6) is 0 Å². The molecule has 0 aliphatic heterocycles. The average Bonchev–Trinajstić information content (AvgIpc) is 1.56. The molecule has 15 aromatic rings. The van der Waals surface area contributed by atoms with Crippen molar-refractivity contribution in [3.8, 4) is 119 Å². The van der Waals surface area contributed by atoms with E-state index in [1.807, 2.05) is 116 Å². The summed E-state index contributed by atoms with van der Waals surface area (Å²) >= 11 is 0. The highest BCUT2D eigenvalue weighted by Gasteiger charge is 2.26. The van der Waals surface area contributed by atoms with Gasteiger partial charge >= 0.3 is 0 Å². The van der Waals surface area contributed by atoms with Crippen LogP contribution in [0.15, 0.2) is 322 Å². The van der Waals surface area contributed by atoms with Gasteiger partial charge in [0.15, 0.2) is 17.5 Å². The Balaban J connectivity index is 1.05. The van der Waals surface area contributed by atoms with Crippen LogP contribution < -0.4 is 0 Å². The SMILES string of the molecule is C=Cc1c(/C=C(\C)c2ccccc2)c2cc(-c3ccccc3)ccc2n1-c1cc(C(/C=C\C)=C/C(=C)C#N)ccc1-c1nc(-c2cccc(-c3cccc(C#N)c3)c2)nc(-c2ccc(-c3cccc(C#N)c3)cc2-n2c3ccc(-c4ccccc4)cc3c3cc(-c4ccccc4)ccc32)n1. The molecule has 0 aliphatic rings. The molecule has 0 bridgehead atoms. The van der Waals surface area contributed by atoms with Gasteiger partial charge in [-0.25, -0.2) is 15.0 Å². The molecule has 0 saturated heterocycles. The number of aromatic nitrogens is 5. The molecule has 0 atom stereocenters. The van der Waals surface area contributed by atoms with E-state index in [2.05, 4.69) is 248 Å². The summed E-state index contributed by atoms with van der Waals surface area (Å²) in [4.78, 5) is 17.0. The van der Waals surface area contributed by atoms with Crippen LogP contribution in [0.1, 0.15) is 47.4 Å². The summed E-state index contributed by atoms with van der Waals surface area (Å²) in [6.07, 6.45) is 9.95. The van der Waals surface area contributed by atoms with Gasteiger partial charge in [-0.3, -0.25) is 0 Å². The zero-order valence-corrected chi connectivity index (χ0v) is 55.0. The van der Waals surface area contributed by atoms with E-state index >= 15 is 0 Å². The lowest BCUT2D eigenvalue weighted by atomic mass is 9.98. The molecule has 12 aromatic carbocycles. The van der Waals surface area contributed by atoms with E-state index in [1.165, 1.54) is 0 Å². The van der Waals surface area contributed by atoms with Crippen molar-refractivity contribution in [1.82, 2.24) is 24.1 Å². The molecule has 8 nitrogen and oxygen atoms in total. The highest BCUT2D eigenvalue weighted by atomic mass is 15.1. The van der Waals surface area contributed by atoms with E-state index in [1.54, 1.807) is 6.07 Å². The zero-order valence-electron chi connectivity index (χ0n) is 55.0. The van der Waals surface area contributed by atoms with Crippen molar-refractivity contribution in [3.05, 3.63) is 356 Å². The second-order valence-corrected chi connectivity index (χ2v) is 24.6. The molecule has 0 aliphatic carbocycles. The number of nitrogens with zero attached hydrogens (tertiary/aromatic N) is 8. The Hall–Kier alpha value is -13.8. The lowest BCUT2D eigenvalue weighted by molar-refractivity contribution is 1.05. The first-order valence-electron chi connectivity index (χ1n) is 33.1. The quantitative estimate of drug-likeness (QED) is 0.0702. The predicted octanol–water partition coefficient (Wildman–Crippen LogP) is 23.2. The molecule has 0 fully saturated rings. The Morgan fingerprint density at radius 3 is 1.35 bits per heavy atom. The van der Waals surface area contributed by atoms with Gasteiger partial charge in [0.25, 0.3) is 0 Å². The number of fused-ring (bicyclic) bond motifs is 4. The molecule has 0 spiro atoms. The first kappa shape index (κ1) is 62.3. The van der Waals surface area contributed by atoms with Gasteiger partial charge in [-0.2, -0.15) is 15.8 Å². The normalized spacial score (nSPS) is 11.6. The van der Waals surface area contributed by atoms with Gasteiger partial charge in [0.2, 0.25) is 0 Å². The van der Waals surface area contributed by atoms with Gasteiger partial charge in [0.1, 0.15) is 0 Å². The van der Waals surface area contributed by atoms with Crippen LogP contribution >= 0.6 is 0 Å². The fourth-order valence-corrected chi connectivity index (χ4v) is 13.6. The topological polar surface area (TPSA) is 120 Å². The standard InChI is InChI=1S/C92H62N8/c1-5-22-68(47-60(3)57-93)75-37-42-78(88(55-75)99-84(6-2)80(48-61(4)64-25-11-7-12-26-64)81-52-72(39-44-85(81)99)65-27-13-8-14-28-65)91-96-90(77-36-21-35-71(51-77)69-33-19-23-62(49-69)58-94)97-92(98-91)79-43-38-76(70-34-20-24-63(50-70)59-95)56-89(79)100-86-45-40-73(66-29-15-9-16-30-66)53-82(86)83-54-74(41-46-87(83)100)67-31-17-10-18-32-67/h5-56H,2-3H2,1,4H3/b22-5-,61-48+,68-47+. The van der Waals surface area contributed by atoms with E-state index in [9.17, 15) is 15.8 Å². The summed E-state index contributed by atoms with van der Waals surface area (Å²) in [5.41, 5.74) is 23.4. The van der Waals surface area contributed by atoms with E-state index in [0.29, 0.717) is 45.3 Å². The maximum Gasteiger partial charge on any atom is 0.166 e. The smallest absolute Gasteiger partial charge is 0.166 e. The minimum Gasteiger partial charge on any atom is -0.309 e. The van der Waals surface area contributed by atoms with Crippen molar-refractivity contribution in [3.63, 3.8) is 0 Å².